The van der Waals surface area contributed by atoms with Gasteiger partial charge in [0.25, 0.3) is 11.8 Å². The molecule has 158 valence electrons. The average molecular weight is 421 g/mol. The molecule has 5 nitrogen and oxygen atoms in total. The second kappa shape index (κ2) is 7.71. The molecule has 0 aliphatic carbocycles. The third-order valence-electron chi connectivity index (χ3n) is 5.54. The Morgan fingerprint density at radius 1 is 1.10 bits per heavy atom. The lowest BCUT2D eigenvalue weighted by Gasteiger charge is -2.29. The monoisotopic (exact) mass is 421 g/mol. The Morgan fingerprint density at radius 3 is 2.53 bits per heavy atom. The molecule has 2 heterocycles. The van der Waals surface area contributed by atoms with Crippen LogP contribution in [-0.4, -0.2) is 24.9 Å². The van der Waals surface area contributed by atoms with Crippen LogP contribution in [0.3, 0.4) is 0 Å². The van der Waals surface area contributed by atoms with Gasteiger partial charge in [-0.15, -0.1) is 0 Å². The van der Waals surface area contributed by atoms with Crippen LogP contribution in [0.5, 0.6) is 0 Å². The van der Waals surface area contributed by atoms with Gasteiger partial charge in [-0.1, -0.05) is 6.07 Å². The number of alkyl halides is 3. The van der Waals surface area contributed by atoms with Gasteiger partial charge in [-0.25, -0.2) is 4.39 Å². The van der Waals surface area contributed by atoms with Crippen molar-refractivity contribution in [2.24, 2.45) is 5.92 Å². The van der Waals surface area contributed by atoms with E-state index in [4.69, 9.17) is 0 Å². The maximum absolute atomic E-state index is 13.7. The van der Waals surface area contributed by atoms with Crippen molar-refractivity contribution in [1.29, 1.82) is 0 Å². The maximum atomic E-state index is 13.7. The van der Waals surface area contributed by atoms with Gasteiger partial charge in [-0.05, 0) is 62.2 Å². The molecule has 30 heavy (non-hydrogen) atoms. The van der Waals surface area contributed by atoms with E-state index in [2.05, 4.69) is 16.0 Å². The summed E-state index contributed by atoms with van der Waals surface area (Å²) in [5, 5.41) is 8.78. The summed E-state index contributed by atoms with van der Waals surface area (Å²) >= 11 is 0. The highest BCUT2D eigenvalue weighted by Crippen LogP contribution is 2.40. The van der Waals surface area contributed by atoms with E-state index in [9.17, 15) is 27.2 Å². The summed E-state index contributed by atoms with van der Waals surface area (Å²) in [4.78, 5) is 25.1. The zero-order chi connectivity index (χ0) is 21.5. The summed E-state index contributed by atoms with van der Waals surface area (Å²) in [7, 11) is 0. The largest absolute Gasteiger partial charge is 0.416 e. The zero-order valence-corrected chi connectivity index (χ0v) is 15.8. The van der Waals surface area contributed by atoms with Gasteiger partial charge in [0.1, 0.15) is 5.82 Å². The second-order valence-electron chi connectivity index (χ2n) is 7.49. The molecule has 4 rings (SSSR count). The lowest BCUT2D eigenvalue weighted by atomic mass is 9.85. The van der Waals surface area contributed by atoms with E-state index in [1.165, 1.54) is 0 Å². The Balaban J connectivity index is 1.66. The summed E-state index contributed by atoms with van der Waals surface area (Å²) in [5.74, 6) is -2.12. The Labute approximate surface area is 169 Å². The fourth-order valence-corrected chi connectivity index (χ4v) is 4.11. The molecule has 0 saturated carbocycles. The minimum absolute atomic E-state index is 0.167. The molecule has 0 radical (unpaired) electrons. The second-order valence-corrected chi connectivity index (χ2v) is 7.49. The highest BCUT2D eigenvalue weighted by atomic mass is 19.4. The van der Waals surface area contributed by atoms with E-state index in [-0.39, 0.29) is 17.9 Å². The average Bonchev–Trinajstić information content (AvgIpc) is 3.05. The van der Waals surface area contributed by atoms with E-state index in [1.54, 1.807) is 18.2 Å². The third-order valence-corrected chi connectivity index (χ3v) is 5.54. The van der Waals surface area contributed by atoms with Crippen LogP contribution < -0.4 is 16.0 Å². The molecular formula is C21H19F4N3O2. The van der Waals surface area contributed by atoms with Crippen molar-refractivity contribution in [3.63, 3.8) is 0 Å². The highest BCUT2D eigenvalue weighted by molar-refractivity contribution is 6.07. The zero-order valence-electron chi connectivity index (χ0n) is 15.8. The summed E-state index contributed by atoms with van der Waals surface area (Å²) < 4.78 is 52.6. The predicted octanol–water partition coefficient (Wildman–Crippen LogP) is 3.88. The first-order valence-corrected chi connectivity index (χ1v) is 9.57. The van der Waals surface area contributed by atoms with Crippen LogP contribution in [0.4, 0.5) is 23.2 Å². The Bertz CT molecular complexity index is 1000. The molecule has 2 amide bonds. The number of piperidine rings is 1. The molecule has 9 heteroatoms. The van der Waals surface area contributed by atoms with Gasteiger partial charge >= 0.3 is 6.18 Å². The normalized spacial score (nSPS) is 19.3. The predicted molar refractivity (Wildman–Crippen MR) is 102 cm³/mol. The minimum atomic E-state index is -4.78. The van der Waals surface area contributed by atoms with Crippen LogP contribution in [0.15, 0.2) is 36.4 Å². The molecule has 1 saturated heterocycles. The topological polar surface area (TPSA) is 70.2 Å². The highest BCUT2D eigenvalue weighted by Gasteiger charge is 2.37. The maximum Gasteiger partial charge on any atom is 0.416 e. The van der Waals surface area contributed by atoms with Crippen LogP contribution in [0, 0.1) is 11.7 Å². The van der Waals surface area contributed by atoms with Crippen LogP contribution in [0.2, 0.25) is 0 Å². The SMILES string of the molecule is O=C(Nc1cccc2c1C(C1CCNCC1)NC2=O)c1cc(F)cc(C(F)(F)F)c1. The van der Waals surface area contributed by atoms with Gasteiger partial charge < -0.3 is 16.0 Å². The van der Waals surface area contributed by atoms with Gasteiger partial charge in [0.05, 0.1) is 11.6 Å². The number of anilines is 1. The standard InChI is InChI=1S/C21H19F4N3O2/c22-14-9-12(8-13(10-14)21(23,24)25)19(29)27-16-3-1-2-15-17(16)18(28-20(15)30)11-4-6-26-7-5-11/h1-3,8-11,18,26H,4-7H2,(H,27,29)(H,28,30). The summed E-state index contributed by atoms with van der Waals surface area (Å²) in [6, 6.07) is 6.22. The molecule has 3 N–H and O–H groups in total. The van der Waals surface area contributed by atoms with E-state index >= 15 is 0 Å². The fourth-order valence-electron chi connectivity index (χ4n) is 4.11. The number of carbonyl (C=O) groups excluding carboxylic acids is 2. The van der Waals surface area contributed by atoms with Crippen LogP contribution in [-0.2, 0) is 6.18 Å². The van der Waals surface area contributed by atoms with Crippen molar-refractivity contribution in [1.82, 2.24) is 10.6 Å². The van der Waals surface area contributed by atoms with Crippen molar-refractivity contribution < 1.29 is 27.2 Å². The van der Waals surface area contributed by atoms with Crippen LogP contribution in [0.25, 0.3) is 0 Å². The molecule has 0 bridgehead atoms. The molecule has 1 unspecified atom stereocenters. The van der Waals surface area contributed by atoms with Gasteiger partial charge in [0.2, 0.25) is 0 Å². The van der Waals surface area contributed by atoms with Gasteiger partial charge in [-0.3, -0.25) is 9.59 Å². The summed E-state index contributed by atoms with van der Waals surface area (Å²) in [6.45, 7) is 1.62. The van der Waals surface area contributed by atoms with Crippen LogP contribution >= 0.6 is 0 Å². The molecule has 0 aromatic heterocycles. The van der Waals surface area contributed by atoms with Crippen molar-refractivity contribution >= 4 is 17.5 Å². The molecule has 2 aliphatic heterocycles. The number of carbonyl (C=O) groups is 2. The summed E-state index contributed by atoms with van der Waals surface area (Å²) in [5.41, 5.74) is -0.315. The minimum Gasteiger partial charge on any atom is -0.345 e. The molecule has 0 spiro atoms. The molecule has 2 aromatic carbocycles. The van der Waals surface area contributed by atoms with Gasteiger partial charge in [-0.2, -0.15) is 13.2 Å². The van der Waals surface area contributed by atoms with E-state index in [0.29, 0.717) is 28.9 Å². The van der Waals surface area contributed by atoms with E-state index < -0.39 is 29.0 Å². The number of benzene rings is 2. The first kappa shape index (κ1) is 20.3. The molecule has 1 atom stereocenters. The van der Waals surface area contributed by atoms with E-state index in [0.717, 1.165) is 32.0 Å². The number of amides is 2. The van der Waals surface area contributed by atoms with E-state index in [1.807, 2.05) is 0 Å². The number of hydrogen-bond donors (Lipinski definition) is 3. The van der Waals surface area contributed by atoms with Crippen molar-refractivity contribution in [2.45, 2.75) is 25.1 Å². The Kier molecular flexibility index (Phi) is 5.23. The molecule has 2 aliphatic rings. The molecule has 1 fully saturated rings. The number of nitrogens with one attached hydrogen (secondary N) is 3. The third kappa shape index (κ3) is 3.89. The smallest absolute Gasteiger partial charge is 0.345 e. The number of fused-ring (bicyclic) bond motifs is 1. The number of halogens is 4. The lowest BCUT2D eigenvalue weighted by Crippen LogP contribution is -2.35. The molecular weight excluding hydrogens is 402 g/mol. The number of rotatable bonds is 3. The Hall–Kier alpha value is -2.94. The lowest BCUT2D eigenvalue weighted by molar-refractivity contribution is -0.137. The Morgan fingerprint density at radius 2 is 1.83 bits per heavy atom. The molecule has 2 aromatic rings. The number of hydrogen-bond acceptors (Lipinski definition) is 3. The van der Waals surface area contributed by atoms with Crippen molar-refractivity contribution in [3.05, 3.63) is 64.5 Å². The first-order valence-electron chi connectivity index (χ1n) is 9.57. The van der Waals surface area contributed by atoms with Gasteiger partial charge in [0.15, 0.2) is 0 Å². The van der Waals surface area contributed by atoms with Crippen LogP contribution in [0.1, 0.15) is 50.7 Å². The quantitative estimate of drug-likeness (QED) is 0.659. The van der Waals surface area contributed by atoms with Crippen molar-refractivity contribution in [2.75, 3.05) is 18.4 Å². The van der Waals surface area contributed by atoms with Gasteiger partial charge in [0, 0.05) is 22.4 Å². The van der Waals surface area contributed by atoms with Crippen molar-refractivity contribution in [3.8, 4) is 0 Å². The first-order chi connectivity index (χ1) is 14.2. The summed E-state index contributed by atoms with van der Waals surface area (Å²) in [6.07, 6.45) is -3.10. The fraction of sp³-hybridized carbons (Fsp3) is 0.333.